The van der Waals surface area contributed by atoms with Crippen LogP contribution in [-0.4, -0.2) is 29.1 Å². The van der Waals surface area contributed by atoms with Crippen molar-refractivity contribution >= 4 is 28.6 Å². The molecule has 138 valence electrons. The Labute approximate surface area is 159 Å². The molecule has 3 aromatic rings. The van der Waals surface area contributed by atoms with Gasteiger partial charge in [0.15, 0.2) is 0 Å². The first kappa shape index (κ1) is 17.5. The lowest BCUT2D eigenvalue weighted by Crippen LogP contribution is -2.24. The lowest BCUT2D eigenvalue weighted by Gasteiger charge is -2.15. The molecule has 0 spiro atoms. The van der Waals surface area contributed by atoms with Crippen molar-refractivity contribution in [2.75, 3.05) is 13.6 Å². The van der Waals surface area contributed by atoms with Crippen molar-refractivity contribution in [2.45, 2.75) is 26.8 Å². The van der Waals surface area contributed by atoms with Crippen LogP contribution < -0.4 is 10.6 Å². The molecule has 4 rings (SSSR count). The molecule has 0 atom stereocenters. The number of aryl methyl sites for hydroxylation is 1. The average molecular weight is 360 g/mol. The van der Waals surface area contributed by atoms with Crippen molar-refractivity contribution in [1.29, 1.82) is 0 Å². The molecule has 27 heavy (non-hydrogen) atoms. The van der Waals surface area contributed by atoms with Gasteiger partial charge in [0.05, 0.1) is 5.52 Å². The van der Waals surface area contributed by atoms with Crippen molar-refractivity contribution in [3.8, 4) is 0 Å². The zero-order valence-electron chi connectivity index (χ0n) is 16.0. The first-order valence-corrected chi connectivity index (χ1v) is 9.28. The monoisotopic (exact) mass is 360 g/mol. The van der Waals surface area contributed by atoms with Gasteiger partial charge < -0.3 is 15.2 Å². The largest absolute Gasteiger partial charge is 0.354 e. The van der Waals surface area contributed by atoms with Gasteiger partial charge in [-0.2, -0.15) is 0 Å². The molecule has 1 amide bonds. The Morgan fingerprint density at radius 1 is 1.30 bits per heavy atom. The number of rotatable bonds is 3. The summed E-state index contributed by atoms with van der Waals surface area (Å²) in [7, 11) is 1.61. The zero-order chi connectivity index (χ0) is 19.0. The highest BCUT2D eigenvalue weighted by molar-refractivity contribution is 5.93. The molecule has 0 unspecified atom stereocenters. The highest BCUT2D eigenvalue weighted by Crippen LogP contribution is 2.31. The fraction of sp³-hybridized carbons (Fsp3) is 0.273. The minimum Gasteiger partial charge on any atom is -0.354 e. The summed E-state index contributed by atoms with van der Waals surface area (Å²) in [5.74, 6) is -0.170. The van der Waals surface area contributed by atoms with Crippen molar-refractivity contribution in [1.82, 2.24) is 20.2 Å². The number of allylic oxidation sites excluding steroid dienone is 1. The second kappa shape index (κ2) is 7.00. The summed E-state index contributed by atoms with van der Waals surface area (Å²) in [5.41, 5.74) is 7.86. The number of aromatic nitrogens is 2. The van der Waals surface area contributed by atoms with E-state index < -0.39 is 0 Å². The van der Waals surface area contributed by atoms with Gasteiger partial charge in [-0.3, -0.25) is 9.78 Å². The smallest absolute Gasteiger partial charge is 0.269 e. The van der Waals surface area contributed by atoms with Crippen molar-refractivity contribution in [2.24, 2.45) is 0 Å². The van der Waals surface area contributed by atoms with Crippen LogP contribution in [0.1, 0.15) is 39.8 Å². The van der Waals surface area contributed by atoms with E-state index in [9.17, 15) is 4.79 Å². The Morgan fingerprint density at radius 3 is 2.89 bits per heavy atom. The maximum absolute atomic E-state index is 11.7. The van der Waals surface area contributed by atoms with Crippen LogP contribution >= 0.6 is 0 Å². The molecule has 0 saturated heterocycles. The minimum absolute atomic E-state index is 0.170. The van der Waals surface area contributed by atoms with Crippen molar-refractivity contribution in [3.05, 3.63) is 64.6 Å². The molecule has 0 aliphatic carbocycles. The Bertz CT molecular complexity index is 1040. The molecule has 0 saturated carbocycles. The van der Waals surface area contributed by atoms with Gasteiger partial charge in [-0.25, -0.2) is 0 Å². The van der Waals surface area contributed by atoms with Crippen LogP contribution in [0.3, 0.4) is 0 Å². The van der Waals surface area contributed by atoms with Gasteiger partial charge in [0, 0.05) is 50.0 Å². The van der Waals surface area contributed by atoms with E-state index in [-0.39, 0.29) is 5.91 Å². The van der Waals surface area contributed by atoms with Crippen molar-refractivity contribution in [3.63, 3.8) is 0 Å². The van der Waals surface area contributed by atoms with Crippen LogP contribution in [0.25, 0.3) is 22.7 Å². The number of amides is 1. The number of benzene rings is 1. The molecule has 0 radical (unpaired) electrons. The molecule has 1 aromatic carbocycles. The topological polar surface area (TPSA) is 59.0 Å². The molecule has 0 fully saturated rings. The third-order valence-electron chi connectivity index (χ3n) is 5.22. The maximum atomic E-state index is 11.7. The Hall–Kier alpha value is -2.92. The van der Waals surface area contributed by atoms with E-state index in [1.54, 1.807) is 19.3 Å². The highest BCUT2D eigenvalue weighted by Gasteiger charge is 2.19. The predicted molar refractivity (Wildman–Crippen MR) is 110 cm³/mol. The molecular weight excluding hydrogens is 336 g/mol. The lowest BCUT2D eigenvalue weighted by atomic mass is 10.0. The van der Waals surface area contributed by atoms with E-state index >= 15 is 0 Å². The van der Waals surface area contributed by atoms with E-state index in [0.29, 0.717) is 5.69 Å². The van der Waals surface area contributed by atoms with E-state index in [0.717, 1.165) is 30.6 Å². The number of carbonyl (C=O) groups is 1. The number of fused-ring (bicyclic) bond motifs is 3. The lowest BCUT2D eigenvalue weighted by molar-refractivity contribution is 0.0958. The van der Waals surface area contributed by atoms with Crippen LogP contribution in [0, 0.1) is 6.92 Å². The van der Waals surface area contributed by atoms with E-state index in [1.165, 1.54) is 27.7 Å². The van der Waals surface area contributed by atoms with Gasteiger partial charge in [0.1, 0.15) is 5.69 Å². The van der Waals surface area contributed by atoms with Gasteiger partial charge in [0.2, 0.25) is 0 Å². The average Bonchev–Trinajstić information content (AvgIpc) is 3.00. The van der Waals surface area contributed by atoms with Crippen LogP contribution in [0.2, 0.25) is 0 Å². The van der Waals surface area contributed by atoms with Gasteiger partial charge >= 0.3 is 0 Å². The van der Waals surface area contributed by atoms with Gasteiger partial charge in [-0.1, -0.05) is 17.7 Å². The maximum Gasteiger partial charge on any atom is 0.269 e. The summed E-state index contributed by atoms with van der Waals surface area (Å²) >= 11 is 0. The quantitative estimate of drug-likeness (QED) is 0.753. The van der Waals surface area contributed by atoms with Gasteiger partial charge in [0.25, 0.3) is 5.91 Å². The minimum atomic E-state index is -0.170. The summed E-state index contributed by atoms with van der Waals surface area (Å²) in [6.45, 7) is 6.14. The first-order valence-electron chi connectivity index (χ1n) is 9.28. The number of hydrogen-bond donors (Lipinski definition) is 2. The SMILES string of the molecule is CNC(=O)c1ccc(/C(C)=C/n2c3c(c4cc(C)ccc42)CNCC3)cn1. The van der Waals surface area contributed by atoms with Gasteiger partial charge in [-0.15, -0.1) is 0 Å². The molecule has 5 nitrogen and oxygen atoms in total. The summed E-state index contributed by atoms with van der Waals surface area (Å²) < 4.78 is 2.33. The summed E-state index contributed by atoms with van der Waals surface area (Å²) in [6.07, 6.45) is 4.97. The van der Waals surface area contributed by atoms with E-state index in [1.807, 2.05) is 6.07 Å². The zero-order valence-corrected chi connectivity index (χ0v) is 16.0. The molecule has 3 heterocycles. The van der Waals surface area contributed by atoms with Crippen LogP contribution in [0.4, 0.5) is 0 Å². The van der Waals surface area contributed by atoms with E-state index in [4.69, 9.17) is 0 Å². The fourth-order valence-electron chi connectivity index (χ4n) is 3.74. The van der Waals surface area contributed by atoms with Crippen molar-refractivity contribution < 1.29 is 4.79 Å². The number of nitrogens with one attached hydrogen (secondary N) is 2. The Kier molecular flexibility index (Phi) is 4.54. The molecule has 5 heteroatoms. The van der Waals surface area contributed by atoms with Crippen LogP contribution in [0.5, 0.6) is 0 Å². The molecule has 0 bridgehead atoms. The molecule has 2 N–H and O–H groups in total. The summed E-state index contributed by atoms with van der Waals surface area (Å²) in [6, 6.07) is 10.4. The van der Waals surface area contributed by atoms with Gasteiger partial charge in [-0.05, 0) is 48.7 Å². The normalized spacial score (nSPS) is 14.3. The number of hydrogen-bond acceptors (Lipinski definition) is 3. The summed E-state index contributed by atoms with van der Waals surface area (Å²) in [4.78, 5) is 16.0. The number of carbonyl (C=O) groups excluding carboxylic acids is 1. The molecule has 1 aliphatic heterocycles. The molecule has 2 aromatic heterocycles. The van der Waals surface area contributed by atoms with Crippen LogP contribution in [-0.2, 0) is 13.0 Å². The third-order valence-corrected chi connectivity index (χ3v) is 5.22. The highest BCUT2D eigenvalue weighted by atomic mass is 16.1. The first-order chi connectivity index (χ1) is 13.1. The van der Waals surface area contributed by atoms with E-state index in [2.05, 4.69) is 58.4 Å². The second-order valence-electron chi connectivity index (χ2n) is 7.07. The molecule has 1 aliphatic rings. The number of pyridine rings is 1. The molecular formula is C22H24N4O. The summed E-state index contributed by atoms with van der Waals surface area (Å²) in [5, 5.41) is 7.42. The Balaban J connectivity index is 1.79. The third kappa shape index (κ3) is 3.15. The predicted octanol–water partition coefficient (Wildman–Crippen LogP) is 3.37. The fourth-order valence-corrected chi connectivity index (χ4v) is 3.74. The number of nitrogens with zero attached hydrogens (tertiary/aromatic N) is 2. The van der Waals surface area contributed by atoms with Crippen LogP contribution in [0.15, 0.2) is 36.5 Å². The Morgan fingerprint density at radius 2 is 2.15 bits per heavy atom. The second-order valence-corrected chi connectivity index (χ2v) is 7.07. The standard InChI is InChI=1S/C22H24N4O/c1-14-4-7-20-17(10-14)18-12-24-9-8-21(18)26(20)13-15(2)16-5-6-19(25-11-16)22(27)23-3/h4-7,10-11,13,24H,8-9,12H2,1-3H3,(H,23,27)/b15-13+.